The van der Waals surface area contributed by atoms with Gasteiger partial charge in [-0.05, 0) is 0 Å². The van der Waals surface area contributed by atoms with Crippen LogP contribution in [0.5, 0.6) is 0 Å². The minimum atomic E-state index is -0.895. The molecule has 0 radical (unpaired) electrons. The molecule has 13 heavy (non-hydrogen) atoms. The Morgan fingerprint density at radius 1 is 0.769 bits per heavy atom. The van der Waals surface area contributed by atoms with Crippen molar-refractivity contribution in [2.75, 3.05) is 0 Å². The Morgan fingerprint density at radius 2 is 1.00 bits per heavy atom. The van der Waals surface area contributed by atoms with Crippen molar-refractivity contribution in [1.29, 1.82) is 0 Å². The van der Waals surface area contributed by atoms with Gasteiger partial charge in [0.25, 0.3) is 0 Å². The zero-order valence-corrected chi connectivity index (χ0v) is 20.3. The Kier molecular flexibility index (Phi) is 6.60. The van der Waals surface area contributed by atoms with Crippen LogP contribution >= 0.6 is 31.9 Å². The average Bonchev–Trinajstić information content (AvgIpc) is 1.82. The van der Waals surface area contributed by atoms with E-state index in [9.17, 15) is 0 Å². The zero-order chi connectivity index (χ0) is 10.9. The van der Waals surface area contributed by atoms with Gasteiger partial charge in [0.15, 0.2) is 0 Å². The molecule has 0 heterocycles. The third-order valence-corrected chi connectivity index (χ3v) is 56.8. The molecule has 5 heteroatoms. The van der Waals surface area contributed by atoms with Crippen LogP contribution in [0, 0.1) is 0 Å². The first-order valence-electron chi connectivity index (χ1n) is 4.83. The maximum atomic E-state index is 3.94. The molecule has 0 aromatic rings. The quantitative estimate of drug-likeness (QED) is 0.375. The zero-order valence-electron chi connectivity index (χ0n) is 9.62. The molecule has 0 aliphatic carbocycles. The first-order chi connectivity index (χ1) is 5.55. The molecule has 0 N–H and O–H groups in total. The summed E-state index contributed by atoms with van der Waals surface area (Å²) in [7, 11) is -1.79. The van der Waals surface area contributed by atoms with Gasteiger partial charge in [0.2, 0.25) is 0 Å². The summed E-state index contributed by atoms with van der Waals surface area (Å²) >= 11 is 7.12. The summed E-state index contributed by atoms with van der Waals surface area (Å²) in [5.41, 5.74) is 0. The normalized spacial score (nSPS) is 17.8. The fraction of sp³-hybridized carbons (Fsp3) is 1.00. The van der Waals surface area contributed by atoms with E-state index in [1.54, 1.807) is 0 Å². The third-order valence-electron chi connectivity index (χ3n) is 2.29. The van der Waals surface area contributed by atoms with Crippen molar-refractivity contribution in [3.8, 4) is 0 Å². The summed E-state index contributed by atoms with van der Waals surface area (Å²) < 4.78 is 1.94. The molecular weight excluding hydrogens is 513 g/mol. The van der Waals surface area contributed by atoms with Gasteiger partial charge in [0.05, 0.1) is 0 Å². The van der Waals surface area contributed by atoms with E-state index >= 15 is 0 Å². The van der Waals surface area contributed by atoms with Gasteiger partial charge < -0.3 is 0 Å². The second kappa shape index (κ2) is 5.60. The van der Waals surface area contributed by atoms with Crippen molar-refractivity contribution < 1.29 is 24.6 Å². The summed E-state index contributed by atoms with van der Waals surface area (Å²) in [5, 5.41) is 0. The van der Waals surface area contributed by atoms with Crippen molar-refractivity contribution in [3.05, 3.63) is 0 Å². The van der Waals surface area contributed by atoms with Crippen LogP contribution in [0.15, 0.2) is 0 Å². The predicted molar refractivity (Wildman–Crippen MR) is 72.1 cm³/mol. The van der Waals surface area contributed by atoms with E-state index in [2.05, 4.69) is 71.1 Å². The van der Waals surface area contributed by atoms with Gasteiger partial charge in [0.1, 0.15) is 0 Å². The van der Waals surface area contributed by atoms with E-state index in [0.29, 0.717) is 0 Å². The molecule has 0 aromatic carbocycles. The standard InChI is InChI=1S/2C4H10BrSi.Hg/c2*1-6(2,3)4-5;/h2*4H,1-3H3;. The van der Waals surface area contributed by atoms with Gasteiger partial charge in [0, 0.05) is 0 Å². The van der Waals surface area contributed by atoms with E-state index < -0.39 is 40.7 Å². The Hall–Kier alpha value is 2.33. The van der Waals surface area contributed by atoms with Crippen LogP contribution in [0.2, 0.25) is 39.3 Å². The van der Waals surface area contributed by atoms with Gasteiger partial charge >= 0.3 is 116 Å². The fourth-order valence-corrected chi connectivity index (χ4v) is 43.4. The van der Waals surface area contributed by atoms with Crippen LogP contribution in [0.25, 0.3) is 0 Å². The van der Waals surface area contributed by atoms with Crippen molar-refractivity contribution in [2.24, 2.45) is 0 Å². The molecule has 76 valence electrons. The Morgan fingerprint density at radius 3 is 1.15 bits per heavy atom. The Bertz CT molecular complexity index is 145. The van der Waals surface area contributed by atoms with Gasteiger partial charge in [-0.25, -0.2) is 0 Å². The van der Waals surface area contributed by atoms with Crippen molar-refractivity contribution in [3.63, 3.8) is 0 Å². The Labute approximate surface area is 114 Å². The number of hydrogen-bond acceptors (Lipinski definition) is 0. The van der Waals surface area contributed by atoms with Gasteiger partial charge in [-0.2, -0.15) is 0 Å². The number of alkyl halides is 2. The third kappa shape index (κ3) is 6.48. The molecule has 2 unspecified atom stereocenters. The van der Waals surface area contributed by atoms with Gasteiger partial charge in [-0.1, -0.05) is 0 Å². The molecule has 0 saturated heterocycles. The fourth-order valence-electron chi connectivity index (χ4n) is 0.889. The molecule has 0 bridgehead atoms. The number of halogens is 2. The molecule has 0 saturated carbocycles. The first-order valence-corrected chi connectivity index (χ1v) is 20.2. The van der Waals surface area contributed by atoms with Crippen LogP contribution in [0.3, 0.4) is 0 Å². The molecule has 0 aliphatic heterocycles. The van der Waals surface area contributed by atoms with Crippen LogP contribution in [0.4, 0.5) is 0 Å². The molecule has 0 nitrogen and oxygen atoms in total. The molecular formula is C8H20Br2HgSi2. The second-order valence-corrected chi connectivity index (χ2v) is 44.5. The molecule has 0 fully saturated rings. The average molecular weight is 533 g/mol. The topological polar surface area (TPSA) is 0 Å². The number of hydrogen-bond donors (Lipinski definition) is 0. The summed E-state index contributed by atoms with van der Waals surface area (Å²) in [5.74, 6) is 0. The van der Waals surface area contributed by atoms with E-state index in [-0.39, 0.29) is 0 Å². The summed E-state index contributed by atoms with van der Waals surface area (Å²) in [6.07, 6.45) is 0. The molecule has 2 atom stereocenters. The van der Waals surface area contributed by atoms with Crippen LogP contribution < -0.4 is 0 Å². The van der Waals surface area contributed by atoms with Crippen molar-refractivity contribution >= 4 is 48.0 Å². The monoisotopic (exact) mass is 532 g/mol. The Balaban J connectivity index is 4.15. The predicted octanol–water partition coefficient (Wildman–Crippen LogP) is 4.27. The summed E-state index contributed by atoms with van der Waals surface area (Å²) in [6.45, 7) is 14.9. The van der Waals surface area contributed by atoms with E-state index in [1.165, 1.54) is 0 Å². The molecule has 0 amide bonds. The van der Waals surface area contributed by atoms with Gasteiger partial charge in [-0.3, -0.25) is 0 Å². The van der Waals surface area contributed by atoms with Crippen molar-refractivity contribution in [2.45, 2.75) is 43.2 Å². The second-order valence-electron chi connectivity index (χ2n) is 5.90. The van der Waals surface area contributed by atoms with E-state index in [1.807, 2.05) is 0 Å². The maximum absolute atomic E-state index is 3.94. The molecule has 0 aromatic heterocycles. The van der Waals surface area contributed by atoms with Crippen LogP contribution in [0.1, 0.15) is 0 Å². The molecule has 0 rings (SSSR count). The van der Waals surface area contributed by atoms with Gasteiger partial charge in [-0.15, -0.1) is 0 Å². The van der Waals surface area contributed by atoms with Crippen LogP contribution in [-0.4, -0.2) is 20.1 Å². The van der Waals surface area contributed by atoms with Crippen molar-refractivity contribution in [1.82, 2.24) is 0 Å². The number of rotatable bonds is 4. The summed E-state index contributed by atoms with van der Waals surface area (Å²) in [6, 6.07) is 0. The summed E-state index contributed by atoms with van der Waals surface area (Å²) in [4.78, 5) is 0. The molecule has 0 aliphatic rings. The first kappa shape index (κ1) is 15.3. The SMILES string of the molecule is C[Si](C)(C)[CH](Br)[Hg][CH](Br)[Si](C)(C)C. The minimum absolute atomic E-state index is 0.765. The van der Waals surface area contributed by atoms with E-state index in [0.717, 1.165) is 3.92 Å². The molecule has 0 spiro atoms. The van der Waals surface area contributed by atoms with E-state index in [4.69, 9.17) is 0 Å². The van der Waals surface area contributed by atoms with Crippen LogP contribution in [-0.2, 0) is 24.6 Å².